The molecule has 0 aliphatic rings. The molecule has 0 aliphatic heterocycles. The fourth-order valence-corrected chi connectivity index (χ4v) is 2.38. The number of hydrogen-bond donors (Lipinski definition) is 0. The molecular formula is C12H13NO5S. The third kappa shape index (κ3) is 3.72. The molecule has 0 unspecified atom stereocenters. The number of nitrogens with zero attached hydrogens (tertiary/aromatic N) is 1. The first-order valence-corrected chi connectivity index (χ1v) is 7.35. The molecule has 0 amide bonds. The van der Waals surface area contributed by atoms with E-state index in [9.17, 15) is 23.3 Å². The van der Waals surface area contributed by atoms with Crippen molar-refractivity contribution >= 4 is 27.4 Å². The van der Waals surface area contributed by atoms with Gasteiger partial charge in [0, 0.05) is 18.7 Å². The van der Waals surface area contributed by atoms with Crippen molar-refractivity contribution in [2.24, 2.45) is 0 Å². The van der Waals surface area contributed by atoms with Crippen LogP contribution in [0, 0.1) is 10.1 Å². The van der Waals surface area contributed by atoms with Crippen LogP contribution in [0.1, 0.15) is 18.9 Å². The molecule has 0 saturated carbocycles. The quantitative estimate of drug-likeness (QED) is 0.467. The number of Topliss-reactive ketones (excluding diaryl/α,β-unsaturated/α-hetero) is 1. The van der Waals surface area contributed by atoms with Crippen molar-refractivity contribution in [2.45, 2.75) is 13.3 Å². The lowest BCUT2D eigenvalue weighted by Gasteiger charge is -2.03. The standard InChI is InChI=1S/C12H13NO5S/c1-3-11(14)12(19(2,17)18)8-9-6-4-5-7-10(9)13(15)16/h4-8H,3H2,1-2H3. The molecule has 0 N–H and O–H groups in total. The van der Waals surface area contributed by atoms with Crippen molar-refractivity contribution in [1.82, 2.24) is 0 Å². The van der Waals surface area contributed by atoms with Gasteiger partial charge in [0.2, 0.25) is 0 Å². The highest BCUT2D eigenvalue weighted by Gasteiger charge is 2.21. The Kier molecular flexibility index (Phi) is 4.55. The van der Waals surface area contributed by atoms with Crippen LogP contribution in [0.3, 0.4) is 0 Å². The zero-order valence-corrected chi connectivity index (χ0v) is 11.3. The van der Waals surface area contributed by atoms with Gasteiger partial charge in [-0.1, -0.05) is 19.1 Å². The maximum absolute atomic E-state index is 11.6. The molecule has 7 heteroatoms. The van der Waals surface area contributed by atoms with Gasteiger partial charge >= 0.3 is 0 Å². The van der Waals surface area contributed by atoms with E-state index in [2.05, 4.69) is 0 Å². The highest BCUT2D eigenvalue weighted by Crippen LogP contribution is 2.22. The molecule has 0 bridgehead atoms. The van der Waals surface area contributed by atoms with Crippen molar-refractivity contribution in [3.63, 3.8) is 0 Å². The van der Waals surface area contributed by atoms with Crippen LogP contribution in [0.4, 0.5) is 5.69 Å². The lowest BCUT2D eigenvalue weighted by Crippen LogP contribution is -2.11. The second-order valence-electron chi connectivity index (χ2n) is 3.87. The predicted octanol–water partition coefficient (Wildman–Crippen LogP) is 1.96. The van der Waals surface area contributed by atoms with Crippen LogP contribution in [0.2, 0.25) is 0 Å². The predicted molar refractivity (Wildman–Crippen MR) is 71.2 cm³/mol. The van der Waals surface area contributed by atoms with Gasteiger partial charge in [-0.15, -0.1) is 0 Å². The van der Waals surface area contributed by atoms with Gasteiger partial charge in [-0.3, -0.25) is 14.9 Å². The van der Waals surface area contributed by atoms with Crippen LogP contribution >= 0.6 is 0 Å². The molecule has 0 aromatic heterocycles. The molecule has 0 fully saturated rings. The summed E-state index contributed by atoms with van der Waals surface area (Å²) in [7, 11) is -3.73. The zero-order valence-electron chi connectivity index (χ0n) is 10.5. The van der Waals surface area contributed by atoms with Crippen LogP contribution in [-0.2, 0) is 14.6 Å². The first-order chi connectivity index (χ1) is 8.77. The van der Waals surface area contributed by atoms with Gasteiger partial charge in [-0.05, 0) is 12.1 Å². The fraction of sp³-hybridized carbons (Fsp3) is 0.250. The van der Waals surface area contributed by atoms with Gasteiger partial charge in [0.25, 0.3) is 5.69 Å². The molecule has 1 aromatic rings. The number of hydrogen-bond acceptors (Lipinski definition) is 5. The fourth-order valence-electron chi connectivity index (χ4n) is 1.49. The van der Waals surface area contributed by atoms with Gasteiger partial charge in [0.1, 0.15) is 4.91 Å². The summed E-state index contributed by atoms with van der Waals surface area (Å²) in [5.41, 5.74) is -0.151. The molecule has 0 saturated heterocycles. The number of rotatable bonds is 5. The van der Waals surface area contributed by atoms with Gasteiger partial charge < -0.3 is 0 Å². The number of sulfone groups is 1. The van der Waals surface area contributed by atoms with Crippen molar-refractivity contribution < 1.29 is 18.1 Å². The van der Waals surface area contributed by atoms with E-state index in [-0.39, 0.29) is 17.7 Å². The molecule has 19 heavy (non-hydrogen) atoms. The van der Waals surface area contributed by atoms with E-state index >= 15 is 0 Å². The summed E-state index contributed by atoms with van der Waals surface area (Å²) in [5.74, 6) is -0.569. The molecule has 102 valence electrons. The normalized spacial score (nSPS) is 12.2. The second kappa shape index (κ2) is 5.75. The van der Waals surface area contributed by atoms with Gasteiger partial charge in [-0.2, -0.15) is 0 Å². The van der Waals surface area contributed by atoms with E-state index in [1.165, 1.54) is 31.2 Å². The summed E-state index contributed by atoms with van der Waals surface area (Å²) in [6, 6.07) is 5.65. The van der Waals surface area contributed by atoms with Crippen molar-refractivity contribution in [3.05, 3.63) is 44.8 Å². The summed E-state index contributed by atoms with van der Waals surface area (Å²) in [5, 5.41) is 10.8. The lowest BCUT2D eigenvalue weighted by molar-refractivity contribution is -0.385. The Bertz CT molecular complexity index is 646. The zero-order chi connectivity index (χ0) is 14.6. The molecular weight excluding hydrogens is 270 g/mol. The van der Waals surface area contributed by atoms with E-state index in [4.69, 9.17) is 0 Å². The highest BCUT2D eigenvalue weighted by molar-refractivity contribution is 7.95. The van der Waals surface area contributed by atoms with Crippen LogP contribution in [0.25, 0.3) is 6.08 Å². The van der Waals surface area contributed by atoms with Crippen LogP contribution in [-0.4, -0.2) is 25.4 Å². The van der Waals surface area contributed by atoms with Gasteiger partial charge in [0.05, 0.1) is 10.5 Å². The minimum Gasteiger partial charge on any atom is -0.293 e. The van der Waals surface area contributed by atoms with Crippen LogP contribution in [0.5, 0.6) is 0 Å². The minimum atomic E-state index is -3.73. The van der Waals surface area contributed by atoms with Crippen molar-refractivity contribution in [2.75, 3.05) is 6.26 Å². The van der Waals surface area contributed by atoms with Crippen molar-refractivity contribution in [1.29, 1.82) is 0 Å². The van der Waals surface area contributed by atoms with E-state index in [0.29, 0.717) is 0 Å². The summed E-state index contributed by atoms with van der Waals surface area (Å²) < 4.78 is 23.1. The number of benzene rings is 1. The Morgan fingerprint density at radius 3 is 2.42 bits per heavy atom. The largest absolute Gasteiger partial charge is 0.293 e. The average molecular weight is 283 g/mol. The maximum atomic E-state index is 11.6. The van der Waals surface area contributed by atoms with Crippen molar-refractivity contribution in [3.8, 4) is 0 Å². The summed E-state index contributed by atoms with van der Waals surface area (Å²) >= 11 is 0. The number of para-hydroxylation sites is 1. The van der Waals surface area contributed by atoms with Gasteiger partial charge in [-0.25, -0.2) is 8.42 Å². The van der Waals surface area contributed by atoms with Gasteiger partial charge in [0.15, 0.2) is 15.6 Å². The van der Waals surface area contributed by atoms with Crippen LogP contribution < -0.4 is 0 Å². The second-order valence-corrected chi connectivity index (χ2v) is 5.86. The first-order valence-electron chi connectivity index (χ1n) is 5.45. The third-order valence-corrected chi connectivity index (χ3v) is 3.56. The number of carbonyl (C=O) groups excluding carboxylic acids is 1. The number of nitro benzene ring substituents is 1. The number of carbonyl (C=O) groups is 1. The van der Waals surface area contributed by atoms with Crippen LogP contribution in [0.15, 0.2) is 29.2 Å². The molecule has 0 heterocycles. The monoisotopic (exact) mass is 283 g/mol. The molecule has 1 aromatic carbocycles. The van der Waals surface area contributed by atoms with E-state index in [0.717, 1.165) is 12.3 Å². The number of ketones is 1. The topological polar surface area (TPSA) is 94.3 Å². The molecule has 0 spiro atoms. The maximum Gasteiger partial charge on any atom is 0.276 e. The molecule has 0 aliphatic carbocycles. The minimum absolute atomic E-state index is 0.0134. The Labute approximate surface area is 110 Å². The molecule has 0 atom stereocenters. The summed E-state index contributed by atoms with van der Waals surface area (Å²) in [6.07, 6.45) is 1.97. The molecule has 6 nitrogen and oxygen atoms in total. The number of nitro groups is 1. The molecule has 1 rings (SSSR count). The Morgan fingerprint density at radius 1 is 1.37 bits per heavy atom. The Morgan fingerprint density at radius 2 is 1.95 bits per heavy atom. The molecule has 0 radical (unpaired) electrons. The first kappa shape index (κ1) is 15.0. The van der Waals surface area contributed by atoms with E-state index in [1.807, 2.05) is 0 Å². The summed E-state index contributed by atoms with van der Waals surface area (Å²) in [6.45, 7) is 1.53. The Hall–Kier alpha value is -2.02. The number of allylic oxidation sites excluding steroid dienone is 1. The highest BCUT2D eigenvalue weighted by atomic mass is 32.2. The van der Waals surface area contributed by atoms with E-state index in [1.54, 1.807) is 0 Å². The van der Waals surface area contributed by atoms with E-state index < -0.39 is 25.4 Å². The Balaban J connectivity index is 3.48. The average Bonchev–Trinajstić information content (AvgIpc) is 2.34. The lowest BCUT2D eigenvalue weighted by atomic mass is 10.1. The SMILES string of the molecule is CCC(=O)C(=Cc1ccccc1[N+](=O)[O-])S(C)(=O)=O. The third-order valence-electron chi connectivity index (χ3n) is 2.42. The summed E-state index contributed by atoms with van der Waals surface area (Å²) in [4.78, 5) is 21.4. The smallest absolute Gasteiger partial charge is 0.276 e.